The van der Waals surface area contributed by atoms with Gasteiger partial charge in [0, 0.05) is 18.2 Å². The van der Waals surface area contributed by atoms with Gasteiger partial charge in [0.25, 0.3) is 0 Å². The maximum absolute atomic E-state index is 13.3. The molecule has 0 saturated carbocycles. The van der Waals surface area contributed by atoms with Crippen LogP contribution < -0.4 is 5.32 Å². The monoisotopic (exact) mass is 274 g/mol. The molecule has 0 amide bonds. The molecule has 0 aliphatic carbocycles. The van der Waals surface area contributed by atoms with E-state index in [9.17, 15) is 4.39 Å². The van der Waals surface area contributed by atoms with Crippen LogP contribution in [0.3, 0.4) is 0 Å². The van der Waals surface area contributed by atoms with Crippen LogP contribution in [-0.4, -0.2) is 12.2 Å². The van der Waals surface area contributed by atoms with Crippen molar-refractivity contribution in [3.05, 3.63) is 39.8 Å². The Bertz CT molecular complexity index is 542. The van der Waals surface area contributed by atoms with Gasteiger partial charge in [0.2, 0.25) is 0 Å². The van der Waals surface area contributed by atoms with Crippen molar-refractivity contribution in [3.8, 4) is 11.3 Å². The number of nitrogens with one attached hydrogen (secondary N) is 1. The Morgan fingerprint density at radius 1 is 1.29 bits per heavy atom. The topological polar surface area (TPSA) is 38.1 Å². The first-order chi connectivity index (χ1) is 8.11. The van der Waals surface area contributed by atoms with Crippen LogP contribution in [-0.2, 0) is 6.54 Å². The smallest absolute Gasteiger partial charge is 0.168 e. The third-order valence-corrected chi connectivity index (χ3v) is 2.79. The summed E-state index contributed by atoms with van der Waals surface area (Å²) in [5, 5.41) is 7.06. The van der Waals surface area contributed by atoms with Gasteiger partial charge in [-0.25, -0.2) is 4.39 Å². The molecule has 3 nitrogen and oxygen atoms in total. The lowest BCUT2D eigenvalue weighted by Crippen LogP contribution is -2.04. The fourth-order valence-electron chi connectivity index (χ4n) is 1.41. The molecule has 0 unspecified atom stereocenters. The van der Waals surface area contributed by atoms with E-state index >= 15 is 0 Å². The summed E-state index contributed by atoms with van der Waals surface area (Å²) in [6.07, 6.45) is 0. The Kier molecular flexibility index (Phi) is 3.66. The van der Waals surface area contributed by atoms with Crippen LogP contribution in [0.5, 0.6) is 0 Å². The molecule has 17 heavy (non-hydrogen) atoms. The molecule has 1 aromatic carbocycles. The summed E-state index contributed by atoms with van der Waals surface area (Å²) in [6, 6.07) is 4.27. The van der Waals surface area contributed by atoms with Gasteiger partial charge in [-0.05, 0) is 19.2 Å². The van der Waals surface area contributed by atoms with E-state index in [1.165, 1.54) is 12.1 Å². The van der Waals surface area contributed by atoms with Crippen molar-refractivity contribution in [2.24, 2.45) is 0 Å². The molecule has 90 valence electrons. The van der Waals surface area contributed by atoms with E-state index in [0.717, 1.165) is 0 Å². The number of benzene rings is 1. The molecule has 0 aliphatic rings. The maximum Gasteiger partial charge on any atom is 0.168 e. The van der Waals surface area contributed by atoms with E-state index < -0.39 is 5.82 Å². The van der Waals surface area contributed by atoms with Gasteiger partial charge >= 0.3 is 0 Å². The average Bonchev–Trinajstić information content (AvgIpc) is 2.72. The number of hydrogen-bond donors (Lipinski definition) is 1. The Morgan fingerprint density at radius 2 is 2.06 bits per heavy atom. The van der Waals surface area contributed by atoms with Crippen LogP contribution >= 0.6 is 23.2 Å². The molecule has 6 heteroatoms. The van der Waals surface area contributed by atoms with Crippen LogP contribution in [0.4, 0.5) is 4.39 Å². The summed E-state index contributed by atoms with van der Waals surface area (Å²) in [6.45, 7) is 0.567. The van der Waals surface area contributed by atoms with E-state index in [4.69, 9.17) is 27.7 Å². The van der Waals surface area contributed by atoms with Crippen LogP contribution in [0.15, 0.2) is 22.7 Å². The van der Waals surface area contributed by atoms with E-state index in [1.807, 2.05) is 0 Å². The second kappa shape index (κ2) is 5.04. The predicted octanol–water partition coefficient (Wildman–Crippen LogP) is 3.51. The third-order valence-electron chi connectivity index (χ3n) is 2.19. The molecular formula is C11H9Cl2FN2O. The second-order valence-electron chi connectivity index (χ2n) is 3.46. The van der Waals surface area contributed by atoms with Gasteiger partial charge in [-0.3, -0.25) is 0 Å². The van der Waals surface area contributed by atoms with Crippen LogP contribution in [0.25, 0.3) is 11.3 Å². The normalized spacial score (nSPS) is 10.8. The minimum absolute atomic E-state index is 0.0197. The summed E-state index contributed by atoms with van der Waals surface area (Å²) in [4.78, 5) is 0. The van der Waals surface area contributed by atoms with Crippen molar-refractivity contribution in [1.82, 2.24) is 10.5 Å². The number of hydrogen-bond acceptors (Lipinski definition) is 3. The first-order valence-corrected chi connectivity index (χ1v) is 5.62. The highest BCUT2D eigenvalue weighted by atomic mass is 35.5. The lowest BCUT2D eigenvalue weighted by molar-refractivity contribution is 0.421. The molecule has 0 radical (unpaired) electrons. The molecule has 0 spiro atoms. The minimum atomic E-state index is -0.544. The fraction of sp³-hybridized carbons (Fsp3) is 0.182. The van der Waals surface area contributed by atoms with E-state index in [0.29, 0.717) is 28.6 Å². The molecule has 0 bridgehead atoms. The zero-order chi connectivity index (χ0) is 12.4. The number of aromatic nitrogens is 1. The number of halogens is 3. The second-order valence-corrected chi connectivity index (χ2v) is 4.27. The summed E-state index contributed by atoms with van der Waals surface area (Å²) >= 11 is 11.6. The minimum Gasteiger partial charge on any atom is -0.356 e. The van der Waals surface area contributed by atoms with E-state index in [-0.39, 0.29) is 5.02 Å². The summed E-state index contributed by atoms with van der Waals surface area (Å²) in [5.74, 6) is -0.131. The predicted molar refractivity (Wildman–Crippen MR) is 64.7 cm³/mol. The highest BCUT2D eigenvalue weighted by Gasteiger charge is 2.13. The lowest BCUT2D eigenvalue weighted by Gasteiger charge is -2.01. The molecular weight excluding hydrogens is 266 g/mol. The van der Waals surface area contributed by atoms with Crippen molar-refractivity contribution in [3.63, 3.8) is 0 Å². The summed E-state index contributed by atoms with van der Waals surface area (Å²) in [7, 11) is 1.79. The quantitative estimate of drug-likeness (QED) is 0.871. The summed E-state index contributed by atoms with van der Waals surface area (Å²) < 4.78 is 18.4. The standard InChI is InChI=1S/C11H9Cl2FN2O/c1-15-5-6-2-11(17-16-6)7-3-10(14)9(13)4-8(7)12/h2-4,15H,5H2,1H3. The van der Waals surface area contributed by atoms with E-state index in [2.05, 4.69) is 10.5 Å². The van der Waals surface area contributed by atoms with Crippen LogP contribution in [0.1, 0.15) is 5.69 Å². The molecule has 1 heterocycles. The highest BCUT2D eigenvalue weighted by Crippen LogP contribution is 2.32. The fourth-order valence-corrected chi connectivity index (χ4v) is 1.89. The van der Waals surface area contributed by atoms with Gasteiger partial charge in [-0.1, -0.05) is 28.4 Å². The van der Waals surface area contributed by atoms with Crippen molar-refractivity contribution >= 4 is 23.2 Å². The van der Waals surface area contributed by atoms with Crippen molar-refractivity contribution in [2.45, 2.75) is 6.54 Å². The van der Waals surface area contributed by atoms with Gasteiger partial charge in [0.1, 0.15) is 5.82 Å². The third kappa shape index (κ3) is 2.60. The molecule has 2 aromatic rings. The average molecular weight is 275 g/mol. The first kappa shape index (κ1) is 12.4. The van der Waals surface area contributed by atoms with Gasteiger partial charge in [-0.2, -0.15) is 0 Å². The highest BCUT2D eigenvalue weighted by molar-refractivity contribution is 6.36. The molecule has 0 saturated heterocycles. The Labute approximate surface area is 108 Å². The molecule has 0 atom stereocenters. The lowest BCUT2D eigenvalue weighted by atomic mass is 10.1. The molecule has 0 fully saturated rings. The molecule has 1 aromatic heterocycles. The van der Waals surface area contributed by atoms with Crippen LogP contribution in [0, 0.1) is 5.82 Å². The SMILES string of the molecule is CNCc1cc(-c2cc(F)c(Cl)cc2Cl)on1. The van der Waals surface area contributed by atoms with Gasteiger partial charge in [0.15, 0.2) is 5.76 Å². The zero-order valence-electron chi connectivity index (χ0n) is 8.93. The number of nitrogens with zero attached hydrogens (tertiary/aromatic N) is 1. The van der Waals surface area contributed by atoms with Crippen molar-refractivity contribution in [2.75, 3.05) is 7.05 Å². The number of rotatable bonds is 3. The van der Waals surface area contributed by atoms with Gasteiger partial charge in [-0.15, -0.1) is 0 Å². The first-order valence-electron chi connectivity index (χ1n) is 4.87. The Hall–Kier alpha value is -1.10. The van der Waals surface area contributed by atoms with Gasteiger partial charge < -0.3 is 9.84 Å². The molecule has 0 aliphatic heterocycles. The molecule has 1 N–H and O–H groups in total. The van der Waals surface area contributed by atoms with Crippen molar-refractivity contribution < 1.29 is 8.91 Å². The van der Waals surface area contributed by atoms with E-state index in [1.54, 1.807) is 13.1 Å². The zero-order valence-corrected chi connectivity index (χ0v) is 10.4. The Morgan fingerprint density at radius 3 is 2.76 bits per heavy atom. The van der Waals surface area contributed by atoms with Gasteiger partial charge in [0.05, 0.1) is 15.7 Å². The van der Waals surface area contributed by atoms with Crippen molar-refractivity contribution in [1.29, 1.82) is 0 Å². The largest absolute Gasteiger partial charge is 0.356 e. The molecule has 2 rings (SSSR count). The van der Waals surface area contributed by atoms with Crippen LogP contribution in [0.2, 0.25) is 10.0 Å². The maximum atomic E-state index is 13.3. The Balaban J connectivity index is 2.41. The summed E-state index contributed by atoms with van der Waals surface area (Å²) in [5.41, 5.74) is 1.15.